The maximum atomic E-state index is 12.8. The van der Waals surface area contributed by atoms with Crippen molar-refractivity contribution in [3.8, 4) is 11.6 Å². The van der Waals surface area contributed by atoms with Crippen molar-refractivity contribution in [1.29, 1.82) is 0 Å². The van der Waals surface area contributed by atoms with Crippen molar-refractivity contribution in [3.63, 3.8) is 0 Å². The Labute approximate surface area is 212 Å². The number of fused-ring (bicyclic) bond motifs is 1. The zero-order valence-electron chi connectivity index (χ0n) is 20.9. The van der Waals surface area contributed by atoms with E-state index in [0.717, 1.165) is 47.0 Å². The second kappa shape index (κ2) is 9.96. The Morgan fingerprint density at radius 3 is 2.61 bits per heavy atom. The second-order valence-corrected chi connectivity index (χ2v) is 10.8. The highest BCUT2D eigenvalue weighted by Gasteiger charge is 2.43. The third-order valence-electron chi connectivity index (χ3n) is 7.83. The number of anilines is 2. The highest BCUT2D eigenvalue weighted by Crippen LogP contribution is 2.44. The van der Waals surface area contributed by atoms with Gasteiger partial charge in [-0.3, -0.25) is 0 Å². The summed E-state index contributed by atoms with van der Waals surface area (Å²) in [6.45, 7) is 2.84. The van der Waals surface area contributed by atoms with E-state index in [2.05, 4.69) is 25.9 Å². The van der Waals surface area contributed by atoms with Crippen LogP contribution in [0, 0.1) is 24.7 Å². The second-order valence-electron chi connectivity index (χ2n) is 10.8. The minimum atomic E-state index is -0.130. The summed E-state index contributed by atoms with van der Waals surface area (Å²) in [5, 5.41) is 11.5. The van der Waals surface area contributed by atoms with Crippen LogP contribution in [-0.2, 0) is 0 Å². The van der Waals surface area contributed by atoms with Gasteiger partial charge in [-0.25, -0.2) is 9.78 Å². The third kappa shape index (κ3) is 5.40. The van der Waals surface area contributed by atoms with Crippen LogP contribution in [0.2, 0.25) is 0 Å². The molecule has 1 heterocycles. The number of nitrogens with one attached hydrogen (secondary N) is 3. The Hall–Kier alpha value is -3.35. The van der Waals surface area contributed by atoms with Gasteiger partial charge in [-0.15, -0.1) is 0 Å². The molecule has 3 fully saturated rings. The van der Waals surface area contributed by atoms with Crippen molar-refractivity contribution >= 4 is 28.4 Å². The monoisotopic (exact) mass is 485 g/mol. The minimum Gasteiger partial charge on any atom is -0.438 e. The number of benzene rings is 2. The SMILES string of the molecule is Cc1cc(Oc2ccc(NC(=O)NC3CC3C3CCCCC3)c3ccccc23)nc(NCC2CC2)n1. The average molecular weight is 486 g/mol. The molecule has 2 unspecified atom stereocenters. The van der Waals surface area contributed by atoms with E-state index < -0.39 is 0 Å². The van der Waals surface area contributed by atoms with E-state index in [1.54, 1.807) is 0 Å². The third-order valence-corrected chi connectivity index (χ3v) is 7.83. The maximum absolute atomic E-state index is 12.8. The quantitative estimate of drug-likeness (QED) is 0.333. The Balaban J connectivity index is 1.14. The van der Waals surface area contributed by atoms with E-state index in [1.165, 1.54) is 44.9 Å². The number of aryl methyl sites for hydroxylation is 1. The summed E-state index contributed by atoms with van der Waals surface area (Å²) in [7, 11) is 0. The largest absolute Gasteiger partial charge is 0.438 e. The number of nitrogens with zero attached hydrogens (tertiary/aromatic N) is 2. The summed E-state index contributed by atoms with van der Waals surface area (Å²) in [6, 6.07) is 13.8. The van der Waals surface area contributed by atoms with Crippen molar-refractivity contribution in [2.24, 2.45) is 17.8 Å². The van der Waals surface area contributed by atoms with Crippen molar-refractivity contribution in [3.05, 3.63) is 48.2 Å². The van der Waals surface area contributed by atoms with Crippen molar-refractivity contribution in [2.45, 2.75) is 64.3 Å². The smallest absolute Gasteiger partial charge is 0.319 e. The predicted octanol–water partition coefficient (Wildman–Crippen LogP) is 6.64. The molecule has 3 saturated carbocycles. The van der Waals surface area contributed by atoms with Crippen molar-refractivity contribution < 1.29 is 9.53 Å². The molecular formula is C29H35N5O2. The fraction of sp³-hybridized carbons (Fsp3) is 0.483. The van der Waals surface area contributed by atoms with E-state index >= 15 is 0 Å². The van der Waals surface area contributed by atoms with Gasteiger partial charge < -0.3 is 20.7 Å². The first-order chi connectivity index (χ1) is 17.6. The molecule has 3 N–H and O–H groups in total. The summed E-state index contributed by atoms with van der Waals surface area (Å²) in [5.74, 6) is 3.98. The summed E-state index contributed by atoms with van der Waals surface area (Å²) in [4.78, 5) is 21.9. The Morgan fingerprint density at radius 1 is 1.00 bits per heavy atom. The number of aromatic nitrogens is 2. The van der Waals surface area contributed by atoms with E-state index in [0.29, 0.717) is 29.5 Å². The number of amides is 2. The topological polar surface area (TPSA) is 88.2 Å². The fourth-order valence-electron chi connectivity index (χ4n) is 5.60. The lowest BCUT2D eigenvalue weighted by Crippen LogP contribution is -2.32. The van der Waals surface area contributed by atoms with Crippen LogP contribution in [0.4, 0.5) is 16.4 Å². The number of carbonyl (C=O) groups excluding carboxylic acids is 1. The summed E-state index contributed by atoms with van der Waals surface area (Å²) in [6.07, 6.45) is 10.3. The van der Waals surface area contributed by atoms with Crippen LogP contribution in [0.25, 0.3) is 10.8 Å². The van der Waals surface area contributed by atoms with Crippen LogP contribution in [0.1, 0.15) is 57.1 Å². The molecule has 3 aromatic rings. The number of hydrogen-bond acceptors (Lipinski definition) is 5. The standard InChI is InChI=1S/C29H35N5O2/c1-18-15-27(34-28(31-18)30-17-19-11-12-19)36-26-14-13-24(21-9-5-6-10-22(21)26)32-29(35)33-25-16-23(25)20-7-3-2-4-8-20/h5-6,9-10,13-15,19-20,23,25H,2-4,7-8,11-12,16-17H2,1H3,(H,30,31,34)(H2,32,33,35). The number of hydrogen-bond donors (Lipinski definition) is 3. The van der Waals surface area contributed by atoms with Crippen molar-refractivity contribution in [1.82, 2.24) is 15.3 Å². The summed E-state index contributed by atoms with van der Waals surface area (Å²) in [5.41, 5.74) is 1.63. The van der Waals surface area contributed by atoms with E-state index in [-0.39, 0.29) is 6.03 Å². The normalized spacial score (nSPS) is 21.7. The molecule has 3 aliphatic rings. The molecule has 0 saturated heterocycles. The molecule has 0 bridgehead atoms. The zero-order chi connectivity index (χ0) is 24.5. The highest BCUT2D eigenvalue weighted by molar-refractivity contribution is 6.04. The van der Waals surface area contributed by atoms with E-state index in [9.17, 15) is 4.79 Å². The van der Waals surface area contributed by atoms with Gasteiger partial charge in [0.1, 0.15) is 5.75 Å². The van der Waals surface area contributed by atoms with Crippen LogP contribution < -0.4 is 20.7 Å². The van der Waals surface area contributed by atoms with Crippen LogP contribution >= 0.6 is 0 Å². The van der Waals surface area contributed by atoms with Gasteiger partial charge >= 0.3 is 6.03 Å². The first-order valence-electron chi connectivity index (χ1n) is 13.5. The summed E-state index contributed by atoms with van der Waals surface area (Å²) < 4.78 is 6.23. The van der Waals surface area contributed by atoms with Gasteiger partial charge in [0.05, 0.1) is 5.69 Å². The van der Waals surface area contributed by atoms with Crippen molar-refractivity contribution in [2.75, 3.05) is 17.2 Å². The number of rotatable bonds is 8. The molecule has 1 aromatic heterocycles. The minimum absolute atomic E-state index is 0.130. The van der Waals surface area contributed by atoms with Gasteiger partial charge in [0.15, 0.2) is 0 Å². The average Bonchev–Trinajstić information content (AvgIpc) is 3.81. The van der Waals surface area contributed by atoms with Gasteiger partial charge in [-0.1, -0.05) is 56.4 Å². The molecule has 0 radical (unpaired) electrons. The molecule has 36 heavy (non-hydrogen) atoms. The van der Waals surface area contributed by atoms with Gasteiger partial charge in [-0.05, 0) is 56.1 Å². The van der Waals surface area contributed by atoms with Crippen LogP contribution in [-0.4, -0.2) is 28.6 Å². The Bertz CT molecular complexity index is 1250. The highest BCUT2D eigenvalue weighted by atomic mass is 16.5. The first-order valence-corrected chi connectivity index (χ1v) is 13.5. The van der Waals surface area contributed by atoms with Gasteiger partial charge in [0.2, 0.25) is 11.8 Å². The van der Waals surface area contributed by atoms with Crippen LogP contribution in [0.3, 0.4) is 0 Å². The van der Waals surface area contributed by atoms with Gasteiger partial charge in [0.25, 0.3) is 0 Å². The molecule has 0 spiro atoms. The van der Waals surface area contributed by atoms with Gasteiger partial charge in [0, 0.05) is 35.1 Å². The maximum Gasteiger partial charge on any atom is 0.319 e. The van der Waals surface area contributed by atoms with Gasteiger partial charge in [-0.2, -0.15) is 4.98 Å². The lowest BCUT2D eigenvalue weighted by molar-refractivity contribution is 0.249. The molecule has 2 amide bonds. The molecule has 2 atom stereocenters. The predicted molar refractivity (Wildman–Crippen MR) is 143 cm³/mol. The lowest BCUT2D eigenvalue weighted by atomic mass is 9.85. The Morgan fingerprint density at radius 2 is 1.81 bits per heavy atom. The fourth-order valence-corrected chi connectivity index (χ4v) is 5.60. The molecule has 3 aliphatic carbocycles. The first kappa shape index (κ1) is 23.1. The lowest BCUT2D eigenvalue weighted by Gasteiger charge is -2.21. The number of urea groups is 1. The zero-order valence-corrected chi connectivity index (χ0v) is 20.9. The number of ether oxygens (including phenoxy) is 1. The molecular weight excluding hydrogens is 450 g/mol. The van der Waals surface area contributed by atoms with Crippen LogP contribution in [0.5, 0.6) is 11.6 Å². The summed E-state index contributed by atoms with van der Waals surface area (Å²) >= 11 is 0. The molecule has 2 aromatic carbocycles. The Kier molecular flexibility index (Phi) is 6.38. The molecule has 6 rings (SSSR count). The molecule has 7 nitrogen and oxygen atoms in total. The number of carbonyl (C=O) groups is 1. The van der Waals surface area contributed by atoms with E-state index in [4.69, 9.17) is 4.74 Å². The van der Waals surface area contributed by atoms with E-state index in [1.807, 2.05) is 49.4 Å². The molecule has 7 heteroatoms. The molecule has 188 valence electrons. The van der Waals surface area contributed by atoms with Crippen LogP contribution in [0.15, 0.2) is 42.5 Å². The molecule has 0 aliphatic heterocycles.